The van der Waals surface area contributed by atoms with Crippen LogP contribution in [0.5, 0.6) is 11.5 Å². The summed E-state index contributed by atoms with van der Waals surface area (Å²) in [5, 5.41) is 12.8. The van der Waals surface area contributed by atoms with Crippen molar-refractivity contribution in [3.63, 3.8) is 0 Å². The number of aromatic nitrogens is 1. The third-order valence-electron chi connectivity index (χ3n) is 4.56. The molecule has 0 spiro atoms. The van der Waals surface area contributed by atoms with E-state index in [1.807, 2.05) is 31.2 Å². The number of methoxy groups -OCH3 is 1. The molecule has 0 bridgehead atoms. The monoisotopic (exact) mass is 417 g/mol. The largest absolute Gasteiger partial charge is 0.493 e. The molecule has 7 nitrogen and oxygen atoms in total. The molecule has 1 heterocycles. The summed E-state index contributed by atoms with van der Waals surface area (Å²) in [5.41, 5.74) is 0.860. The van der Waals surface area contributed by atoms with Gasteiger partial charge in [0.15, 0.2) is 11.5 Å². The van der Waals surface area contributed by atoms with Gasteiger partial charge < -0.3 is 19.4 Å². The van der Waals surface area contributed by atoms with Crippen LogP contribution in [0.2, 0.25) is 0 Å². The Balaban J connectivity index is 1.86. The fourth-order valence-electron chi connectivity index (χ4n) is 3.20. The molecule has 2 aromatic rings. The number of carbonyl (C=O) groups is 1. The predicted octanol–water partition coefficient (Wildman–Crippen LogP) is 3.62. The zero-order valence-corrected chi connectivity index (χ0v) is 18.3. The third-order valence-corrected chi connectivity index (χ3v) is 4.56. The number of anilines is 1. The van der Waals surface area contributed by atoms with Crippen LogP contribution < -0.4 is 19.5 Å². The zero-order chi connectivity index (χ0) is 22.0. The quantitative estimate of drug-likeness (QED) is 0.238. The summed E-state index contributed by atoms with van der Waals surface area (Å²) in [5.74, 6) is 1.81. The highest BCUT2D eigenvalue weighted by atomic mass is 16.5. The number of nitrogens with one attached hydrogen (secondary N) is 1. The topological polar surface area (TPSA) is 80.9 Å². The van der Waals surface area contributed by atoms with Gasteiger partial charge in [-0.25, -0.2) is 0 Å². The number of hydrogen-bond acceptors (Lipinski definition) is 6. The van der Waals surface area contributed by atoms with Crippen molar-refractivity contribution in [2.45, 2.75) is 40.0 Å². The highest BCUT2D eigenvalue weighted by molar-refractivity contribution is 5.70. The van der Waals surface area contributed by atoms with E-state index >= 15 is 0 Å². The number of ether oxygens (including phenoxy) is 3. The predicted molar refractivity (Wildman–Crippen MR) is 114 cm³/mol. The molecule has 0 fully saturated rings. The summed E-state index contributed by atoms with van der Waals surface area (Å²) in [6.07, 6.45) is 3.42. The van der Waals surface area contributed by atoms with Crippen LogP contribution in [0.4, 0.5) is 5.82 Å². The van der Waals surface area contributed by atoms with E-state index in [0.29, 0.717) is 43.5 Å². The highest BCUT2D eigenvalue weighted by Gasteiger charge is 2.24. The lowest BCUT2D eigenvalue weighted by molar-refractivity contribution is -0.893. The molecule has 0 aliphatic carbocycles. The Hall–Kier alpha value is -2.96. The zero-order valence-electron chi connectivity index (χ0n) is 18.3. The summed E-state index contributed by atoms with van der Waals surface area (Å²) < 4.78 is 17.5. The van der Waals surface area contributed by atoms with Crippen molar-refractivity contribution in [3.05, 3.63) is 48.2 Å². The minimum atomic E-state index is -0.216. The molecule has 7 heteroatoms. The molecule has 1 aromatic heterocycles. The van der Waals surface area contributed by atoms with Crippen LogP contribution in [0, 0.1) is 5.41 Å². The Kier molecular flexibility index (Phi) is 8.77. The van der Waals surface area contributed by atoms with Crippen molar-refractivity contribution in [2.24, 2.45) is 5.41 Å². The number of benzene rings is 1. The second-order valence-electron chi connectivity index (χ2n) is 7.87. The Bertz CT molecular complexity index is 823. The van der Waals surface area contributed by atoms with Gasteiger partial charge in [-0.2, -0.15) is 0 Å². The van der Waals surface area contributed by atoms with Crippen molar-refractivity contribution < 1.29 is 28.9 Å². The number of hydrogen-bond donors (Lipinski definition) is 2. The lowest BCUT2D eigenvalue weighted by Crippen LogP contribution is -2.33. The second-order valence-corrected chi connectivity index (χ2v) is 7.87. The molecule has 2 N–H and O–H groups in total. The van der Waals surface area contributed by atoms with Gasteiger partial charge in [-0.1, -0.05) is 30.7 Å². The van der Waals surface area contributed by atoms with Crippen molar-refractivity contribution in [1.29, 1.82) is 0 Å². The molecule has 0 amide bonds. The van der Waals surface area contributed by atoms with E-state index in [9.17, 15) is 10.0 Å². The summed E-state index contributed by atoms with van der Waals surface area (Å²) in [4.78, 5) is 11.8. The molecular weight excluding hydrogens is 384 g/mol. The van der Waals surface area contributed by atoms with E-state index in [-0.39, 0.29) is 11.4 Å². The van der Waals surface area contributed by atoms with Crippen molar-refractivity contribution in [3.8, 4) is 11.5 Å². The first-order chi connectivity index (χ1) is 14.3. The van der Waals surface area contributed by atoms with Crippen LogP contribution in [0.15, 0.2) is 42.6 Å². The van der Waals surface area contributed by atoms with E-state index < -0.39 is 0 Å². The number of nitrogens with zero attached hydrogens (tertiary/aromatic N) is 1. The van der Waals surface area contributed by atoms with Crippen LogP contribution in [-0.2, 0) is 16.0 Å². The molecule has 0 aliphatic heterocycles. The fourth-order valence-corrected chi connectivity index (χ4v) is 3.20. The van der Waals surface area contributed by atoms with E-state index in [4.69, 9.17) is 14.2 Å². The minimum absolute atomic E-state index is 0.176. The minimum Gasteiger partial charge on any atom is -0.493 e. The van der Waals surface area contributed by atoms with Gasteiger partial charge in [0.2, 0.25) is 0 Å². The average molecular weight is 418 g/mol. The van der Waals surface area contributed by atoms with Crippen LogP contribution in [-0.4, -0.2) is 38.0 Å². The highest BCUT2D eigenvalue weighted by Crippen LogP contribution is 2.32. The molecule has 0 aliphatic rings. The maximum atomic E-state index is 11.8. The molecule has 30 heavy (non-hydrogen) atoms. The van der Waals surface area contributed by atoms with Crippen LogP contribution in [0.1, 0.15) is 39.2 Å². The standard InChI is InChI=1S/C23H32N2O5/c1-5-29-22(26)17-23(2,3)16-18-10-11-19(20(15-18)28-4)30-14-8-12-24-21-9-6-7-13-25(21)27/h6-7,9-11,13,15,27H,5,8,12,14,16-17H2,1-4H3/p+1. The number of esters is 1. The van der Waals surface area contributed by atoms with Crippen LogP contribution >= 0.6 is 0 Å². The van der Waals surface area contributed by atoms with E-state index in [1.165, 1.54) is 0 Å². The lowest BCUT2D eigenvalue weighted by Gasteiger charge is -2.24. The van der Waals surface area contributed by atoms with Crippen LogP contribution in [0.3, 0.4) is 0 Å². The van der Waals surface area contributed by atoms with Crippen molar-refractivity contribution in [2.75, 3.05) is 32.2 Å². The first-order valence-corrected chi connectivity index (χ1v) is 10.2. The van der Waals surface area contributed by atoms with Gasteiger partial charge in [-0.15, -0.1) is 0 Å². The first kappa shape index (κ1) is 23.3. The molecule has 0 atom stereocenters. The first-order valence-electron chi connectivity index (χ1n) is 10.2. The third kappa shape index (κ3) is 7.46. The van der Waals surface area contributed by atoms with Gasteiger partial charge in [0, 0.05) is 12.5 Å². The summed E-state index contributed by atoms with van der Waals surface area (Å²) in [6.45, 7) is 7.49. The Morgan fingerprint density at radius 3 is 2.70 bits per heavy atom. The maximum Gasteiger partial charge on any atom is 0.313 e. The molecule has 0 saturated carbocycles. The molecule has 0 radical (unpaired) electrons. The Morgan fingerprint density at radius 2 is 2.00 bits per heavy atom. The number of rotatable bonds is 12. The van der Waals surface area contributed by atoms with Crippen LogP contribution in [0.25, 0.3) is 0 Å². The normalized spacial score (nSPS) is 11.1. The summed E-state index contributed by atoms with van der Waals surface area (Å²) in [6, 6.07) is 11.3. The molecule has 1 aromatic carbocycles. The number of pyridine rings is 1. The van der Waals surface area contributed by atoms with Crippen molar-refractivity contribution >= 4 is 11.8 Å². The molecule has 0 unspecified atom stereocenters. The average Bonchev–Trinajstić information content (AvgIpc) is 2.69. The lowest BCUT2D eigenvalue weighted by atomic mass is 9.82. The Morgan fingerprint density at radius 1 is 1.20 bits per heavy atom. The maximum absolute atomic E-state index is 11.8. The SMILES string of the molecule is CCOC(=O)CC(C)(C)Cc1ccc(OCCCNc2cccc[n+]2O)c(OC)c1. The summed E-state index contributed by atoms with van der Waals surface area (Å²) in [7, 11) is 1.62. The number of carbonyl (C=O) groups excluding carboxylic acids is 1. The van der Waals surface area contributed by atoms with Gasteiger partial charge >= 0.3 is 11.8 Å². The smallest absolute Gasteiger partial charge is 0.313 e. The van der Waals surface area contributed by atoms with E-state index in [0.717, 1.165) is 23.1 Å². The summed E-state index contributed by atoms with van der Waals surface area (Å²) >= 11 is 0. The Labute approximate surface area is 178 Å². The van der Waals surface area contributed by atoms with Gasteiger partial charge in [0.1, 0.15) is 6.20 Å². The van der Waals surface area contributed by atoms with Gasteiger partial charge in [0.05, 0.1) is 33.3 Å². The molecule has 2 rings (SSSR count). The van der Waals surface area contributed by atoms with E-state index in [2.05, 4.69) is 19.2 Å². The van der Waals surface area contributed by atoms with E-state index in [1.54, 1.807) is 25.4 Å². The van der Waals surface area contributed by atoms with Gasteiger partial charge in [0.25, 0.3) is 0 Å². The molecule has 164 valence electrons. The molecular formula is C23H33N2O5+. The van der Waals surface area contributed by atoms with Gasteiger partial charge in [-0.05, 0) is 42.5 Å². The van der Waals surface area contributed by atoms with Gasteiger partial charge in [-0.3, -0.25) is 10.1 Å². The molecule has 0 saturated heterocycles. The second kappa shape index (κ2) is 11.3. The fraction of sp³-hybridized carbons (Fsp3) is 0.478. The van der Waals surface area contributed by atoms with Crippen molar-refractivity contribution in [1.82, 2.24) is 0 Å².